The van der Waals surface area contributed by atoms with Gasteiger partial charge < -0.3 is 5.32 Å². The maximum absolute atomic E-state index is 12.4. The van der Waals surface area contributed by atoms with E-state index >= 15 is 0 Å². The van der Waals surface area contributed by atoms with Crippen LogP contribution in [0.3, 0.4) is 0 Å². The molecule has 3 rings (SSSR count). The second-order valence-corrected chi connectivity index (χ2v) is 8.69. The molecule has 0 radical (unpaired) electrons. The zero-order chi connectivity index (χ0) is 19.2. The van der Waals surface area contributed by atoms with Crippen LogP contribution in [0.2, 0.25) is 0 Å². The van der Waals surface area contributed by atoms with Crippen LogP contribution >= 0.6 is 39.5 Å². The quantitative estimate of drug-likeness (QED) is 0.370. The van der Waals surface area contributed by atoms with E-state index in [0.717, 1.165) is 15.6 Å². The van der Waals surface area contributed by atoms with Crippen molar-refractivity contribution in [2.24, 2.45) is 10.2 Å². The Labute approximate surface area is 172 Å². The molecule has 1 amide bonds. The number of amidine groups is 1. The summed E-state index contributed by atoms with van der Waals surface area (Å²) in [5.41, 5.74) is 1.80. The molecule has 1 aliphatic heterocycles. The summed E-state index contributed by atoms with van der Waals surface area (Å²) in [4.78, 5) is 12.6. The van der Waals surface area contributed by atoms with Crippen LogP contribution in [-0.2, 0) is 11.2 Å². The standard InChI is InChI=1S/C18H14BrF2N3OS2/c19-13-5-1-12(2-6-13)10-22-24-18-23-16(25)15(27-18)9-11-3-7-14(8-4-11)26-17(20)21/h1-8,10,15,17H,9H2,(H,23,24,25)/b22-10-/t15-/m0/s1. The number of alkyl halides is 2. The van der Waals surface area contributed by atoms with Gasteiger partial charge in [0.2, 0.25) is 5.91 Å². The molecule has 4 nitrogen and oxygen atoms in total. The van der Waals surface area contributed by atoms with Gasteiger partial charge in [-0.25, -0.2) is 0 Å². The summed E-state index contributed by atoms with van der Waals surface area (Å²) in [6.45, 7) is 0. The Morgan fingerprint density at radius 3 is 2.56 bits per heavy atom. The normalized spacial score (nSPS) is 18.6. The summed E-state index contributed by atoms with van der Waals surface area (Å²) in [7, 11) is 0. The lowest BCUT2D eigenvalue weighted by molar-refractivity contribution is -0.118. The number of halogens is 3. The molecule has 0 saturated carbocycles. The topological polar surface area (TPSA) is 53.8 Å². The van der Waals surface area contributed by atoms with Crippen molar-refractivity contribution in [2.45, 2.75) is 22.3 Å². The molecule has 27 heavy (non-hydrogen) atoms. The fraction of sp³-hybridized carbons (Fsp3) is 0.167. The molecule has 9 heteroatoms. The van der Waals surface area contributed by atoms with Gasteiger partial charge in [0.05, 0.1) is 11.5 Å². The first-order valence-corrected chi connectivity index (χ1v) is 10.4. The largest absolute Gasteiger partial charge is 0.303 e. The molecule has 1 aliphatic rings. The number of hydrogen-bond acceptors (Lipinski definition) is 5. The van der Waals surface area contributed by atoms with Gasteiger partial charge >= 0.3 is 0 Å². The first kappa shape index (κ1) is 20.0. The van der Waals surface area contributed by atoms with E-state index in [-0.39, 0.29) is 11.2 Å². The minimum Gasteiger partial charge on any atom is -0.303 e. The predicted molar refractivity (Wildman–Crippen MR) is 111 cm³/mol. The van der Waals surface area contributed by atoms with Crippen LogP contribution in [0.5, 0.6) is 0 Å². The number of amides is 1. The Kier molecular flexibility index (Phi) is 7.03. The maximum atomic E-state index is 12.4. The second-order valence-electron chi connectivity index (χ2n) is 5.52. The lowest BCUT2D eigenvalue weighted by Gasteiger charge is -2.06. The minimum absolute atomic E-state index is 0.136. The van der Waals surface area contributed by atoms with Crippen LogP contribution < -0.4 is 5.32 Å². The second kappa shape index (κ2) is 9.48. The summed E-state index contributed by atoms with van der Waals surface area (Å²) in [5.74, 6) is -2.58. The predicted octanol–water partition coefficient (Wildman–Crippen LogP) is 4.93. The van der Waals surface area contributed by atoms with Gasteiger partial charge in [0.25, 0.3) is 5.76 Å². The van der Waals surface area contributed by atoms with Gasteiger partial charge in [0, 0.05) is 9.37 Å². The minimum atomic E-state index is -2.44. The SMILES string of the molecule is O=C1N/C(=N/N=C\c2ccc(Br)cc2)S[C@H]1Cc1ccc(SC(F)F)cc1. The zero-order valence-corrected chi connectivity index (χ0v) is 17.0. The lowest BCUT2D eigenvalue weighted by atomic mass is 10.1. The van der Waals surface area contributed by atoms with E-state index in [4.69, 9.17) is 0 Å². The van der Waals surface area contributed by atoms with Gasteiger partial charge in [0.15, 0.2) is 5.17 Å². The van der Waals surface area contributed by atoms with Gasteiger partial charge in [0.1, 0.15) is 0 Å². The molecule has 0 unspecified atom stereocenters. The van der Waals surface area contributed by atoms with Crippen LogP contribution in [0.1, 0.15) is 11.1 Å². The highest BCUT2D eigenvalue weighted by Crippen LogP contribution is 2.27. The summed E-state index contributed by atoms with van der Waals surface area (Å²) < 4.78 is 25.7. The molecule has 1 N–H and O–H groups in total. The van der Waals surface area contributed by atoms with Gasteiger partial charge in [-0.2, -0.15) is 13.9 Å². The fourth-order valence-electron chi connectivity index (χ4n) is 2.30. The van der Waals surface area contributed by atoms with Crippen molar-refractivity contribution in [3.05, 3.63) is 64.1 Å². The van der Waals surface area contributed by atoms with Crippen LogP contribution in [0, 0.1) is 0 Å². The van der Waals surface area contributed by atoms with Gasteiger partial charge in [-0.05, 0) is 41.8 Å². The highest BCUT2D eigenvalue weighted by atomic mass is 79.9. The molecule has 1 saturated heterocycles. The van der Waals surface area contributed by atoms with Crippen LogP contribution in [-0.4, -0.2) is 28.3 Å². The van der Waals surface area contributed by atoms with Crippen molar-refractivity contribution in [1.29, 1.82) is 0 Å². The lowest BCUT2D eigenvalue weighted by Crippen LogP contribution is -2.25. The van der Waals surface area contributed by atoms with Gasteiger partial charge in [-0.3, -0.25) is 4.79 Å². The van der Waals surface area contributed by atoms with Gasteiger partial charge in [-0.15, -0.1) is 5.10 Å². The molecular weight excluding hydrogens is 456 g/mol. The summed E-state index contributed by atoms with van der Waals surface area (Å²) >= 11 is 5.18. The number of carbonyl (C=O) groups is 1. The summed E-state index contributed by atoms with van der Waals surface area (Å²) in [6.07, 6.45) is 2.10. The average Bonchev–Trinajstić information content (AvgIpc) is 2.97. The number of nitrogens with zero attached hydrogens (tertiary/aromatic N) is 2. The first-order chi connectivity index (χ1) is 13.0. The molecule has 0 aromatic heterocycles. The van der Waals surface area contributed by atoms with Crippen molar-refractivity contribution in [3.8, 4) is 0 Å². The van der Waals surface area contributed by atoms with Crippen molar-refractivity contribution >= 4 is 56.7 Å². The summed E-state index contributed by atoms with van der Waals surface area (Å²) in [6, 6.07) is 14.4. The first-order valence-electron chi connectivity index (χ1n) is 7.87. The Hall–Kier alpha value is -1.71. The Morgan fingerprint density at radius 1 is 1.19 bits per heavy atom. The number of hydrogen-bond donors (Lipinski definition) is 1. The maximum Gasteiger partial charge on any atom is 0.288 e. The molecular formula is C18H14BrF2N3OS2. The summed E-state index contributed by atoms with van der Waals surface area (Å²) in [5, 5.41) is 10.9. The van der Waals surface area contributed by atoms with E-state index in [9.17, 15) is 13.6 Å². The smallest absolute Gasteiger partial charge is 0.288 e. The number of thioether (sulfide) groups is 2. The Balaban J connectivity index is 1.57. The van der Waals surface area contributed by atoms with E-state index in [0.29, 0.717) is 28.2 Å². The number of nitrogens with one attached hydrogen (secondary N) is 1. The molecule has 1 fully saturated rings. The van der Waals surface area contributed by atoms with E-state index in [1.807, 2.05) is 24.3 Å². The monoisotopic (exact) mass is 469 g/mol. The van der Waals surface area contributed by atoms with Crippen LogP contribution in [0.25, 0.3) is 0 Å². The Bertz CT molecular complexity index is 858. The van der Waals surface area contributed by atoms with E-state index in [1.54, 1.807) is 30.5 Å². The molecule has 0 aliphatic carbocycles. The van der Waals surface area contributed by atoms with E-state index < -0.39 is 5.76 Å². The third kappa shape index (κ3) is 6.15. The van der Waals surface area contributed by atoms with Crippen molar-refractivity contribution in [2.75, 3.05) is 0 Å². The number of rotatable bonds is 6. The fourth-order valence-corrected chi connectivity index (χ4v) is 4.03. The average molecular weight is 470 g/mol. The van der Waals surface area contributed by atoms with Crippen molar-refractivity contribution in [3.63, 3.8) is 0 Å². The van der Waals surface area contributed by atoms with Crippen LogP contribution in [0.15, 0.2) is 68.1 Å². The molecule has 2 aromatic carbocycles. The van der Waals surface area contributed by atoms with Gasteiger partial charge in [-0.1, -0.05) is 63.7 Å². The highest BCUT2D eigenvalue weighted by molar-refractivity contribution is 9.10. The molecule has 2 aromatic rings. The third-order valence-corrected chi connectivity index (χ3v) is 5.89. The van der Waals surface area contributed by atoms with Crippen LogP contribution in [0.4, 0.5) is 8.78 Å². The zero-order valence-electron chi connectivity index (χ0n) is 13.8. The molecule has 140 valence electrons. The number of benzene rings is 2. The highest BCUT2D eigenvalue weighted by Gasteiger charge is 2.30. The molecule has 1 heterocycles. The van der Waals surface area contributed by atoms with Crippen molar-refractivity contribution in [1.82, 2.24) is 5.32 Å². The molecule has 1 atom stereocenters. The van der Waals surface area contributed by atoms with Crippen molar-refractivity contribution < 1.29 is 13.6 Å². The third-order valence-electron chi connectivity index (χ3n) is 3.57. The van der Waals surface area contributed by atoms with E-state index in [1.165, 1.54) is 11.8 Å². The van der Waals surface area contributed by atoms with E-state index in [2.05, 4.69) is 31.4 Å². The molecule has 0 spiro atoms. The molecule has 0 bridgehead atoms. The number of carbonyl (C=O) groups excluding carboxylic acids is 1. The Morgan fingerprint density at radius 2 is 1.89 bits per heavy atom.